The highest BCUT2D eigenvalue weighted by Crippen LogP contribution is 2.20. The van der Waals surface area contributed by atoms with Crippen LogP contribution in [0, 0.1) is 11.8 Å². The Bertz CT molecular complexity index is 682. The number of carbonyl (C=O) groups excluding carboxylic acids is 2. The van der Waals surface area contributed by atoms with Gasteiger partial charge in [0.05, 0.1) is 0 Å². The number of ketones is 1. The van der Waals surface area contributed by atoms with Gasteiger partial charge in [-0.1, -0.05) is 17.9 Å². The van der Waals surface area contributed by atoms with Crippen molar-refractivity contribution in [1.29, 1.82) is 0 Å². The first kappa shape index (κ1) is 19.5. The van der Waals surface area contributed by atoms with E-state index in [2.05, 4.69) is 17.2 Å². The zero-order chi connectivity index (χ0) is 18.3. The number of carbonyl (C=O) groups is 2. The number of allylic oxidation sites excluding steroid dienone is 2. The van der Waals surface area contributed by atoms with Crippen LogP contribution in [0.4, 0.5) is 8.78 Å². The highest BCUT2D eigenvalue weighted by molar-refractivity contribution is 5.98. The van der Waals surface area contributed by atoms with Gasteiger partial charge >= 0.3 is 0 Å². The van der Waals surface area contributed by atoms with E-state index in [1.165, 1.54) is 12.1 Å². The van der Waals surface area contributed by atoms with Crippen molar-refractivity contribution in [3.05, 3.63) is 47.5 Å². The molecule has 128 valence electrons. The lowest BCUT2D eigenvalue weighted by molar-refractivity contribution is -0.138. The minimum absolute atomic E-state index is 0.169. The van der Waals surface area contributed by atoms with Crippen molar-refractivity contribution < 1.29 is 23.5 Å². The summed E-state index contributed by atoms with van der Waals surface area (Å²) in [5.41, 5.74) is -1.81. The van der Waals surface area contributed by atoms with Crippen molar-refractivity contribution in [3.63, 3.8) is 0 Å². The molecule has 2 atom stereocenters. The molecule has 0 spiro atoms. The molecule has 0 aromatic heterocycles. The first-order chi connectivity index (χ1) is 11.2. The van der Waals surface area contributed by atoms with Crippen molar-refractivity contribution in [2.45, 2.75) is 38.8 Å². The molecular weight excluding hydrogens is 316 g/mol. The fourth-order valence-electron chi connectivity index (χ4n) is 1.91. The third-order valence-electron chi connectivity index (χ3n) is 3.32. The van der Waals surface area contributed by atoms with E-state index >= 15 is 0 Å². The Morgan fingerprint density at radius 3 is 2.33 bits per heavy atom. The summed E-state index contributed by atoms with van der Waals surface area (Å²) in [6.07, 6.45) is 0.270. The van der Waals surface area contributed by atoms with Gasteiger partial charge in [-0.05, 0) is 51.1 Å². The number of Topliss-reactive ketones (excluding diaryl/α,β-unsaturated/α-hetero) is 1. The second kappa shape index (κ2) is 8.37. The lowest BCUT2D eigenvalue weighted by Crippen LogP contribution is -2.58. The fourth-order valence-corrected chi connectivity index (χ4v) is 1.91. The van der Waals surface area contributed by atoms with Crippen LogP contribution < -0.4 is 5.32 Å². The molecular formula is C18H19F2NO3. The summed E-state index contributed by atoms with van der Waals surface area (Å²) < 4.78 is 25.8. The van der Waals surface area contributed by atoms with Gasteiger partial charge < -0.3 is 10.4 Å². The van der Waals surface area contributed by atoms with Crippen LogP contribution in [0.2, 0.25) is 0 Å². The number of hydrogen-bond acceptors (Lipinski definition) is 3. The van der Waals surface area contributed by atoms with Crippen molar-refractivity contribution in [3.8, 4) is 11.8 Å². The van der Waals surface area contributed by atoms with Gasteiger partial charge in [-0.3, -0.25) is 9.59 Å². The molecule has 0 saturated carbocycles. The van der Waals surface area contributed by atoms with Gasteiger partial charge in [-0.15, -0.1) is 0 Å². The molecule has 1 amide bonds. The molecule has 4 nitrogen and oxygen atoms in total. The predicted octanol–water partition coefficient (Wildman–Crippen LogP) is 2.32. The van der Waals surface area contributed by atoms with Crippen LogP contribution in [0.1, 0.15) is 36.7 Å². The fraction of sp³-hybridized carbons (Fsp3) is 0.333. The smallest absolute Gasteiger partial charge is 0.269 e. The maximum atomic E-state index is 12.9. The molecule has 0 saturated heterocycles. The number of hydrogen-bond donors (Lipinski definition) is 2. The molecule has 0 radical (unpaired) electrons. The van der Waals surface area contributed by atoms with Crippen molar-refractivity contribution >= 4 is 11.7 Å². The molecule has 1 aromatic carbocycles. The average Bonchev–Trinajstić information content (AvgIpc) is 2.52. The zero-order valence-electron chi connectivity index (χ0n) is 13.6. The largest absolute Gasteiger partial charge is 0.382 e. The monoisotopic (exact) mass is 335 g/mol. The second-order valence-electron chi connectivity index (χ2n) is 5.39. The third-order valence-corrected chi connectivity index (χ3v) is 3.32. The molecule has 6 heteroatoms. The Hall–Kier alpha value is -2.52. The number of amides is 1. The summed E-state index contributed by atoms with van der Waals surface area (Å²) >= 11 is 0. The molecule has 0 aliphatic heterocycles. The predicted molar refractivity (Wildman–Crippen MR) is 86.7 cm³/mol. The van der Waals surface area contributed by atoms with Crippen LogP contribution >= 0.6 is 0 Å². The van der Waals surface area contributed by atoms with E-state index in [-0.39, 0.29) is 5.56 Å². The van der Waals surface area contributed by atoms with Gasteiger partial charge in [-0.2, -0.15) is 0 Å². The van der Waals surface area contributed by atoms with Crippen LogP contribution in [0.15, 0.2) is 36.4 Å². The quantitative estimate of drug-likeness (QED) is 0.812. The highest BCUT2D eigenvalue weighted by atomic mass is 19.3. The van der Waals surface area contributed by atoms with Crippen LogP contribution in [-0.4, -0.2) is 34.9 Å². The first-order valence-corrected chi connectivity index (χ1v) is 7.24. The summed E-state index contributed by atoms with van der Waals surface area (Å²) in [5.74, 6) is 4.14. The average molecular weight is 335 g/mol. The van der Waals surface area contributed by atoms with E-state index in [0.717, 1.165) is 13.8 Å². The van der Waals surface area contributed by atoms with Crippen molar-refractivity contribution in [1.82, 2.24) is 5.32 Å². The molecule has 24 heavy (non-hydrogen) atoms. The molecule has 0 aliphatic carbocycles. The van der Waals surface area contributed by atoms with Crippen LogP contribution in [0.3, 0.4) is 0 Å². The van der Waals surface area contributed by atoms with Gasteiger partial charge in [0.1, 0.15) is 11.6 Å². The van der Waals surface area contributed by atoms with Gasteiger partial charge in [-0.25, -0.2) is 8.78 Å². The first-order valence-electron chi connectivity index (χ1n) is 7.24. The SMILES string of the molecule is C/C=C/C#Cc1ccc(C(=O)N[C@H](C(C)=O)[C@](C)(O)C(F)F)cc1. The van der Waals surface area contributed by atoms with Gasteiger partial charge in [0.2, 0.25) is 0 Å². The molecule has 0 heterocycles. The van der Waals surface area contributed by atoms with Gasteiger partial charge in [0, 0.05) is 11.1 Å². The molecule has 0 fully saturated rings. The van der Waals surface area contributed by atoms with Crippen molar-refractivity contribution in [2.24, 2.45) is 0 Å². The van der Waals surface area contributed by atoms with E-state index in [4.69, 9.17) is 0 Å². The van der Waals surface area contributed by atoms with Crippen molar-refractivity contribution in [2.75, 3.05) is 0 Å². The number of rotatable bonds is 5. The zero-order valence-corrected chi connectivity index (χ0v) is 13.6. The number of halogens is 2. The van der Waals surface area contributed by atoms with Crippen LogP contribution in [-0.2, 0) is 4.79 Å². The molecule has 1 rings (SSSR count). The van der Waals surface area contributed by atoms with E-state index in [0.29, 0.717) is 5.56 Å². The summed E-state index contributed by atoms with van der Waals surface area (Å²) in [5, 5.41) is 11.9. The Balaban J connectivity index is 2.93. The number of benzene rings is 1. The lowest BCUT2D eigenvalue weighted by atomic mass is 9.93. The highest BCUT2D eigenvalue weighted by Gasteiger charge is 2.44. The molecule has 1 aromatic rings. The topological polar surface area (TPSA) is 66.4 Å². The molecule has 2 N–H and O–H groups in total. The minimum Gasteiger partial charge on any atom is -0.382 e. The summed E-state index contributed by atoms with van der Waals surface area (Å²) in [4.78, 5) is 23.7. The third kappa shape index (κ3) is 5.00. The normalized spacial score (nSPS) is 14.6. The summed E-state index contributed by atoms with van der Waals surface area (Å²) in [6.45, 7) is 3.67. The Labute approximate surface area is 139 Å². The van der Waals surface area contributed by atoms with Crippen LogP contribution in [0.5, 0.6) is 0 Å². The van der Waals surface area contributed by atoms with E-state index in [1.807, 2.05) is 6.92 Å². The lowest BCUT2D eigenvalue weighted by Gasteiger charge is -2.30. The Morgan fingerprint density at radius 1 is 1.29 bits per heavy atom. The minimum atomic E-state index is -3.18. The molecule has 0 aliphatic rings. The molecule has 0 bridgehead atoms. The summed E-state index contributed by atoms with van der Waals surface area (Å²) in [7, 11) is 0. The Kier molecular flexibility index (Phi) is 6.81. The maximum Gasteiger partial charge on any atom is 0.269 e. The maximum absolute atomic E-state index is 12.9. The van der Waals surface area contributed by atoms with Gasteiger partial charge in [0.15, 0.2) is 5.78 Å². The van der Waals surface area contributed by atoms with E-state index in [9.17, 15) is 23.5 Å². The van der Waals surface area contributed by atoms with Crippen LogP contribution in [0.25, 0.3) is 0 Å². The van der Waals surface area contributed by atoms with E-state index < -0.39 is 29.8 Å². The Morgan fingerprint density at radius 2 is 1.88 bits per heavy atom. The number of alkyl halides is 2. The second-order valence-corrected chi connectivity index (χ2v) is 5.39. The number of aliphatic hydroxyl groups is 1. The standard InChI is InChI=1S/C18H19F2NO3/c1-4-5-6-7-13-8-10-14(11-9-13)16(23)21-15(12(2)22)18(3,24)17(19)20/h4-5,8-11,15,17,24H,1-3H3,(H,21,23)/b5-4+/t15-,18+/m1/s1. The summed E-state index contributed by atoms with van der Waals surface area (Å²) in [6, 6.07) is 4.41. The van der Waals surface area contributed by atoms with Gasteiger partial charge in [0.25, 0.3) is 12.3 Å². The molecule has 0 unspecified atom stereocenters. The number of nitrogens with one attached hydrogen (secondary N) is 1. The van der Waals surface area contributed by atoms with E-state index in [1.54, 1.807) is 24.3 Å².